The molecule has 4 nitrogen and oxygen atoms in total. The molecule has 0 saturated heterocycles. The fourth-order valence-electron chi connectivity index (χ4n) is 0.909. The van der Waals surface area contributed by atoms with Crippen LogP contribution in [0.3, 0.4) is 0 Å². The number of benzene rings is 1. The molecule has 1 aromatic carbocycles. The Morgan fingerprint density at radius 1 is 1.40 bits per heavy atom. The number of rotatable bonds is 4. The summed E-state index contributed by atoms with van der Waals surface area (Å²) in [6.07, 6.45) is 0. The zero-order valence-corrected chi connectivity index (χ0v) is 9.08. The smallest absolute Gasteiger partial charge is 0.124 e. The van der Waals surface area contributed by atoms with Crippen molar-refractivity contribution in [1.29, 1.82) is 0 Å². The molecule has 0 saturated carbocycles. The standard InChI is InChI=1S/C10H12O4S/c1-8(2)7-14-9-3-5-10(6-4-9)15(11,12)13/h3-6H,1,7H2,2H3,(H,11,12,13)/p-1. The van der Waals surface area contributed by atoms with Crippen molar-refractivity contribution >= 4 is 10.1 Å². The lowest BCUT2D eigenvalue weighted by Crippen LogP contribution is -2.00. The molecular formula is C10H11O4S-. The molecule has 0 atom stereocenters. The van der Waals surface area contributed by atoms with Gasteiger partial charge in [-0.1, -0.05) is 6.58 Å². The average molecular weight is 227 g/mol. The largest absolute Gasteiger partial charge is 0.744 e. The molecule has 0 aliphatic carbocycles. The van der Waals surface area contributed by atoms with Gasteiger partial charge in [0.05, 0.1) is 4.90 Å². The van der Waals surface area contributed by atoms with Crippen LogP contribution in [0.5, 0.6) is 5.75 Å². The molecule has 0 amide bonds. The molecule has 0 fully saturated rings. The van der Waals surface area contributed by atoms with Crippen LogP contribution in [0.1, 0.15) is 6.92 Å². The molecule has 0 heterocycles. The van der Waals surface area contributed by atoms with Gasteiger partial charge in [-0.25, -0.2) is 8.42 Å². The van der Waals surface area contributed by atoms with Crippen LogP contribution in [0.4, 0.5) is 0 Å². The van der Waals surface area contributed by atoms with E-state index in [2.05, 4.69) is 6.58 Å². The zero-order chi connectivity index (χ0) is 11.5. The first-order valence-electron chi connectivity index (χ1n) is 4.23. The van der Waals surface area contributed by atoms with Gasteiger partial charge in [0.1, 0.15) is 22.5 Å². The van der Waals surface area contributed by atoms with Crippen LogP contribution in [-0.2, 0) is 10.1 Å². The third-order valence-electron chi connectivity index (χ3n) is 1.60. The Hall–Kier alpha value is -1.33. The van der Waals surface area contributed by atoms with E-state index in [9.17, 15) is 13.0 Å². The lowest BCUT2D eigenvalue weighted by Gasteiger charge is -2.09. The maximum Gasteiger partial charge on any atom is 0.124 e. The minimum absolute atomic E-state index is 0.259. The molecule has 0 bridgehead atoms. The van der Waals surface area contributed by atoms with Crippen molar-refractivity contribution < 1.29 is 17.7 Å². The van der Waals surface area contributed by atoms with Gasteiger partial charge in [0.2, 0.25) is 0 Å². The summed E-state index contributed by atoms with van der Waals surface area (Å²) in [5.74, 6) is 0.505. The van der Waals surface area contributed by atoms with Gasteiger partial charge in [-0.05, 0) is 36.8 Å². The fourth-order valence-corrected chi connectivity index (χ4v) is 1.38. The minimum atomic E-state index is -4.37. The van der Waals surface area contributed by atoms with E-state index in [-0.39, 0.29) is 4.90 Å². The first-order chi connectivity index (χ1) is 6.89. The van der Waals surface area contributed by atoms with Crippen molar-refractivity contribution in [1.82, 2.24) is 0 Å². The summed E-state index contributed by atoms with van der Waals surface area (Å²) in [7, 11) is -4.37. The summed E-state index contributed by atoms with van der Waals surface area (Å²) in [6.45, 7) is 5.84. The second-order valence-corrected chi connectivity index (χ2v) is 4.55. The highest BCUT2D eigenvalue weighted by Gasteiger charge is 2.01. The maximum atomic E-state index is 10.6. The summed E-state index contributed by atoms with van der Waals surface area (Å²) in [5.41, 5.74) is 0.857. The highest BCUT2D eigenvalue weighted by Crippen LogP contribution is 2.15. The minimum Gasteiger partial charge on any atom is -0.744 e. The molecule has 5 heteroatoms. The van der Waals surface area contributed by atoms with Crippen molar-refractivity contribution in [2.75, 3.05) is 6.61 Å². The van der Waals surface area contributed by atoms with Crippen LogP contribution >= 0.6 is 0 Å². The molecule has 82 valence electrons. The van der Waals surface area contributed by atoms with Crippen molar-refractivity contribution in [2.45, 2.75) is 11.8 Å². The van der Waals surface area contributed by atoms with Gasteiger partial charge < -0.3 is 9.29 Å². The Kier molecular flexibility index (Phi) is 3.49. The third kappa shape index (κ3) is 3.73. The molecule has 0 unspecified atom stereocenters. The zero-order valence-electron chi connectivity index (χ0n) is 8.26. The van der Waals surface area contributed by atoms with E-state index in [1.54, 1.807) is 0 Å². The number of hydrogen-bond donors (Lipinski definition) is 0. The van der Waals surface area contributed by atoms with Crippen LogP contribution in [0.15, 0.2) is 41.3 Å². The molecule has 0 radical (unpaired) electrons. The molecule has 1 rings (SSSR count). The van der Waals surface area contributed by atoms with Gasteiger partial charge >= 0.3 is 0 Å². The van der Waals surface area contributed by atoms with E-state index < -0.39 is 10.1 Å². The first kappa shape index (κ1) is 11.7. The van der Waals surface area contributed by atoms with Crippen LogP contribution < -0.4 is 4.74 Å². The summed E-state index contributed by atoms with van der Waals surface area (Å²) in [5, 5.41) is 0. The maximum absolute atomic E-state index is 10.6. The summed E-state index contributed by atoms with van der Waals surface area (Å²) in [4.78, 5) is -0.259. The van der Waals surface area contributed by atoms with Gasteiger partial charge in [0.25, 0.3) is 0 Å². The van der Waals surface area contributed by atoms with E-state index in [0.29, 0.717) is 12.4 Å². The molecule has 15 heavy (non-hydrogen) atoms. The molecule has 0 N–H and O–H groups in total. The van der Waals surface area contributed by atoms with Crippen molar-refractivity contribution in [2.24, 2.45) is 0 Å². The molecular weight excluding hydrogens is 216 g/mol. The van der Waals surface area contributed by atoms with E-state index in [1.807, 2.05) is 6.92 Å². The van der Waals surface area contributed by atoms with Crippen LogP contribution in [-0.4, -0.2) is 19.6 Å². The molecule has 0 aliphatic heterocycles. The fraction of sp³-hybridized carbons (Fsp3) is 0.200. The second-order valence-electron chi connectivity index (χ2n) is 3.17. The Labute approximate surface area is 88.9 Å². The van der Waals surface area contributed by atoms with Gasteiger partial charge in [-0.15, -0.1) is 0 Å². The van der Waals surface area contributed by atoms with Crippen LogP contribution in [0.2, 0.25) is 0 Å². The van der Waals surface area contributed by atoms with Crippen molar-refractivity contribution in [3.63, 3.8) is 0 Å². The normalized spacial score (nSPS) is 11.1. The van der Waals surface area contributed by atoms with E-state index in [4.69, 9.17) is 4.74 Å². The monoisotopic (exact) mass is 227 g/mol. The topological polar surface area (TPSA) is 66.4 Å². The Bertz CT molecular complexity index is 445. The van der Waals surface area contributed by atoms with E-state index in [1.165, 1.54) is 24.3 Å². The number of ether oxygens (including phenoxy) is 1. The molecule has 1 aromatic rings. The van der Waals surface area contributed by atoms with Gasteiger partial charge in [-0.3, -0.25) is 0 Å². The van der Waals surface area contributed by atoms with Gasteiger partial charge in [0, 0.05) is 0 Å². The molecule has 0 spiro atoms. The summed E-state index contributed by atoms with van der Waals surface area (Å²) in [6, 6.07) is 5.31. The first-order valence-corrected chi connectivity index (χ1v) is 5.63. The highest BCUT2D eigenvalue weighted by molar-refractivity contribution is 7.85. The number of hydrogen-bond acceptors (Lipinski definition) is 4. The van der Waals surface area contributed by atoms with Crippen LogP contribution in [0.25, 0.3) is 0 Å². The van der Waals surface area contributed by atoms with Gasteiger partial charge in [-0.2, -0.15) is 0 Å². The second kappa shape index (κ2) is 4.46. The van der Waals surface area contributed by atoms with Crippen molar-refractivity contribution in [3.05, 3.63) is 36.4 Å². The lowest BCUT2D eigenvalue weighted by molar-refractivity contribution is 0.352. The Balaban J connectivity index is 2.77. The molecule has 0 aliphatic rings. The Morgan fingerprint density at radius 2 is 1.93 bits per heavy atom. The predicted octanol–water partition coefficient (Wildman–Crippen LogP) is 1.55. The quantitative estimate of drug-likeness (QED) is 0.578. The predicted molar refractivity (Wildman–Crippen MR) is 54.7 cm³/mol. The lowest BCUT2D eigenvalue weighted by atomic mass is 10.3. The SMILES string of the molecule is C=C(C)COc1ccc(S(=O)(=O)[O-])cc1. The van der Waals surface area contributed by atoms with Crippen molar-refractivity contribution in [3.8, 4) is 5.75 Å². The van der Waals surface area contributed by atoms with E-state index in [0.717, 1.165) is 5.57 Å². The average Bonchev–Trinajstić information content (AvgIpc) is 2.14. The van der Waals surface area contributed by atoms with Gasteiger partial charge in [0.15, 0.2) is 0 Å². The van der Waals surface area contributed by atoms with E-state index >= 15 is 0 Å². The third-order valence-corrected chi connectivity index (χ3v) is 2.45. The van der Waals surface area contributed by atoms with Crippen LogP contribution in [0, 0.1) is 0 Å². The summed E-state index contributed by atoms with van der Waals surface area (Å²) >= 11 is 0. The highest BCUT2D eigenvalue weighted by atomic mass is 32.2. The summed E-state index contributed by atoms with van der Waals surface area (Å²) < 4.78 is 37.0. The molecule has 0 aromatic heterocycles. The Morgan fingerprint density at radius 3 is 2.33 bits per heavy atom.